The third-order valence-electron chi connectivity index (χ3n) is 4.30. The average molecular weight is 415 g/mol. The Labute approximate surface area is 174 Å². The van der Waals surface area contributed by atoms with Crippen LogP contribution in [0.1, 0.15) is 11.1 Å². The summed E-state index contributed by atoms with van der Waals surface area (Å²) in [5.74, 6) is 1.17. The van der Waals surface area contributed by atoms with Gasteiger partial charge in [-0.15, -0.1) is 0 Å². The van der Waals surface area contributed by atoms with Crippen LogP contribution in [0.3, 0.4) is 0 Å². The number of thiocarbonyl (C=S) groups is 1. The zero-order valence-corrected chi connectivity index (χ0v) is 17.1. The fraction of sp³-hybridized carbons (Fsp3) is 0.238. The predicted octanol–water partition coefficient (Wildman–Crippen LogP) is 3.62. The fourth-order valence-corrected chi connectivity index (χ4v) is 3.04. The third kappa shape index (κ3) is 5.92. The molecular weight excluding hydrogens is 391 g/mol. The lowest BCUT2D eigenvalue weighted by Gasteiger charge is -2.11. The minimum atomic E-state index is -0.249. The van der Waals surface area contributed by atoms with E-state index in [0.29, 0.717) is 29.7 Å². The van der Waals surface area contributed by atoms with E-state index in [1.54, 1.807) is 37.2 Å². The van der Waals surface area contributed by atoms with Gasteiger partial charge in [0.05, 0.1) is 32.6 Å². The van der Waals surface area contributed by atoms with Crippen molar-refractivity contribution < 1.29 is 13.9 Å². The van der Waals surface area contributed by atoms with Crippen LogP contribution in [0.2, 0.25) is 0 Å². The van der Waals surface area contributed by atoms with Crippen LogP contribution >= 0.6 is 12.2 Å². The van der Waals surface area contributed by atoms with Crippen LogP contribution in [0.4, 0.5) is 10.1 Å². The molecule has 0 aliphatic heterocycles. The number of nitrogens with one attached hydrogen (secondary N) is 2. The second-order valence-corrected chi connectivity index (χ2v) is 6.78. The summed E-state index contributed by atoms with van der Waals surface area (Å²) >= 11 is 5.35. The monoisotopic (exact) mass is 414 g/mol. The van der Waals surface area contributed by atoms with Gasteiger partial charge in [-0.05, 0) is 54.0 Å². The van der Waals surface area contributed by atoms with Crippen molar-refractivity contribution in [2.75, 3.05) is 26.1 Å². The van der Waals surface area contributed by atoms with Crippen molar-refractivity contribution in [3.63, 3.8) is 0 Å². The first-order valence-corrected chi connectivity index (χ1v) is 9.51. The standard InChI is InChI=1S/C21H23FN4O2S/c1-27-19-8-5-15(11-20(19)28-2)9-10-23-21(29)25-18-12-24-26(14-18)13-16-3-6-17(22)7-4-16/h3-8,11-12,14H,9-10,13H2,1-2H3,(H2,23,25,29). The smallest absolute Gasteiger partial charge is 0.170 e. The van der Waals surface area contributed by atoms with Crippen LogP contribution in [-0.2, 0) is 13.0 Å². The number of rotatable bonds is 8. The SMILES string of the molecule is COc1ccc(CCNC(=S)Nc2cnn(Cc3ccc(F)cc3)c2)cc1OC. The highest BCUT2D eigenvalue weighted by Gasteiger charge is 2.06. The molecule has 8 heteroatoms. The van der Waals surface area contributed by atoms with E-state index in [0.717, 1.165) is 23.2 Å². The number of benzene rings is 2. The summed E-state index contributed by atoms with van der Waals surface area (Å²) in [6, 6.07) is 12.2. The van der Waals surface area contributed by atoms with Gasteiger partial charge >= 0.3 is 0 Å². The van der Waals surface area contributed by atoms with Crippen LogP contribution in [0.5, 0.6) is 11.5 Å². The van der Waals surface area contributed by atoms with Crippen molar-refractivity contribution in [2.24, 2.45) is 0 Å². The number of methoxy groups -OCH3 is 2. The highest BCUT2D eigenvalue weighted by molar-refractivity contribution is 7.80. The molecule has 6 nitrogen and oxygen atoms in total. The summed E-state index contributed by atoms with van der Waals surface area (Å²) in [6.07, 6.45) is 4.34. The van der Waals surface area contributed by atoms with Crippen LogP contribution in [0.25, 0.3) is 0 Å². The molecule has 1 heterocycles. The maximum atomic E-state index is 13.0. The van der Waals surface area contributed by atoms with E-state index in [1.165, 1.54) is 12.1 Å². The van der Waals surface area contributed by atoms with Gasteiger partial charge in [-0.25, -0.2) is 4.39 Å². The second-order valence-electron chi connectivity index (χ2n) is 6.37. The average Bonchev–Trinajstić information content (AvgIpc) is 3.16. The first kappa shape index (κ1) is 20.6. The molecule has 0 unspecified atom stereocenters. The van der Waals surface area contributed by atoms with E-state index >= 15 is 0 Å². The number of hydrogen-bond acceptors (Lipinski definition) is 4. The van der Waals surface area contributed by atoms with Gasteiger partial charge in [0.1, 0.15) is 5.82 Å². The van der Waals surface area contributed by atoms with Gasteiger partial charge in [-0.3, -0.25) is 4.68 Å². The molecular formula is C21H23FN4O2S. The van der Waals surface area contributed by atoms with E-state index in [9.17, 15) is 4.39 Å². The molecule has 0 saturated heterocycles. The van der Waals surface area contributed by atoms with Crippen molar-refractivity contribution in [3.8, 4) is 11.5 Å². The Morgan fingerprint density at radius 3 is 2.52 bits per heavy atom. The zero-order chi connectivity index (χ0) is 20.6. The van der Waals surface area contributed by atoms with E-state index in [4.69, 9.17) is 21.7 Å². The molecule has 0 saturated carbocycles. The van der Waals surface area contributed by atoms with Crippen molar-refractivity contribution in [1.29, 1.82) is 0 Å². The van der Waals surface area contributed by atoms with Crippen molar-refractivity contribution in [2.45, 2.75) is 13.0 Å². The largest absolute Gasteiger partial charge is 0.493 e. The summed E-state index contributed by atoms with van der Waals surface area (Å²) in [5.41, 5.74) is 2.87. The molecule has 0 amide bonds. The van der Waals surface area contributed by atoms with Crippen LogP contribution in [-0.4, -0.2) is 35.7 Å². The number of nitrogens with zero attached hydrogens (tertiary/aromatic N) is 2. The third-order valence-corrected chi connectivity index (χ3v) is 4.54. The molecule has 0 fully saturated rings. The molecule has 152 valence electrons. The van der Waals surface area contributed by atoms with Gasteiger partial charge in [0.15, 0.2) is 16.6 Å². The number of anilines is 1. The van der Waals surface area contributed by atoms with Gasteiger partial charge in [-0.2, -0.15) is 5.10 Å². The molecule has 0 radical (unpaired) electrons. The number of hydrogen-bond donors (Lipinski definition) is 2. The minimum Gasteiger partial charge on any atom is -0.493 e. The maximum Gasteiger partial charge on any atom is 0.170 e. The van der Waals surface area contributed by atoms with Crippen LogP contribution < -0.4 is 20.1 Å². The summed E-state index contributed by atoms with van der Waals surface area (Å²) < 4.78 is 25.3. The van der Waals surface area contributed by atoms with Gasteiger partial charge < -0.3 is 20.1 Å². The van der Waals surface area contributed by atoms with E-state index in [2.05, 4.69) is 15.7 Å². The summed E-state index contributed by atoms with van der Waals surface area (Å²) in [7, 11) is 3.24. The zero-order valence-electron chi connectivity index (χ0n) is 16.3. The number of halogens is 1. The lowest BCUT2D eigenvalue weighted by Crippen LogP contribution is -2.30. The molecule has 2 aromatic carbocycles. The Hall–Kier alpha value is -3.13. The fourth-order valence-electron chi connectivity index (χ4n) is 2.82. The van der Waals surface area contributed by atoms with Gasteiger partial charge in [0.25, 0.3) is 0 Å². The first-order valence-electron chi connectivity index (χ1n) is 9.10. The lowest BCUT2D eigenvalue weighted by atomic mass is 10.1. The van der Waals surface area contributed by atoms with E-state index in [-0.39, 0.29) is 5.82 Å². The highest BCUT2D eigenvalue weighted by Crippen LogP contribution is 2.27. The second kappa shape index (κ2) is 9.88. The van der Waals surface area contributed by atoms with Crippen LogP contribution in [0, 0.1) is 5.82 Å². The first-order chi connectivity index (χ1) is 14.1. The van der Waals surface area contributed by atoms with E-state index in [1.807, 2.05) is 24.4 Å². The van der Waals surface area contributed by atoms with Crippen molar-refractivity contribution in [1.82, 2.24) is 15.1 Å². The molecule has 0 atom stereocenters. The number of ether oxygens (including phenoxy) is 2. The lowest BCUT2D eigenvalue weighted by molar-refractivity contribution is 0.354. The molecule has 29 heavy (non-hydrogen) atoms. The Bertz CT molecular complexity index is 960. The molecule has 1 aromatic heterocycles. The van der Waals surface area contributed by atoms with Crippen molar-refractivity contribution >= 4 is 23.0 Å². The van der Waals surface area contributed by atoms with Crippen molar-refractivity contribution in [3.05, 3.63) is 71.8 Å². The van der Waals surface area contributed by atoms with Gasteiger partial charge in [0.2, 0.25) is 0 Å². The maximum absolute atomic E-state index is 13.0. The minimum absolute atomic E-state index is 0.249. The van der Waals surface area contributed by atoms with Gasteiger partial charge in [-0.1, -0.05) is 18.2 Å². The highest BCUT2D eigenvalue weighted by atomic mass is 32.1. The predicted molar refractivity (Wildman–Crippen MR) is 115 cm³/mol. The Kier molecular flexibility index (Phi) is 7.02. The Balaban J connectivity index is 1.46. The normalized spacial score (nSPS) is 10.4. The van der Waals surface area contributed by atoms with Gasteiger partial charge in [0, 0.05) is 12.7 Å². The molecule has 3 aromatic rings. The molecule has 0 aliphatic rings. The quantitative estimate of drug-likeness (QED) is 0.549. The molecule has 0 spiro atoms. The molecule has 0 aliphatic carbocycles. The number of aromatic nitrogens is 2. The summed E-state index contributed by atoms with van der Waals surface area (Å²) in [5, 5.41) is 11.1. The molecule has 2 N–H and O–H groups in total. The molecule has 3 rings (SSSR count). The van der Waals surface area contributed by atoms with Crippen LogP contribution in [0.15, 0.2) is 54.9 Å². The van der Waals surface area contributed by atoms with E-state index < -0.39 is 0 Å². The Morgan fingerprint density at radius 2 is 1.79 bits per heavy atom. The Morgan fingerprint density at radius 1 is 1.07 bits per heavy atom. The summed E-state index contributed by atoms with van der Waals surface area (Å²) in [4.78, 5) is 0. The topological polar surface area (TPSA) is 60.3 Å². The summed E-state index contributed by atoms with van der Waals surface area (Å²) in [6.45, 7) is 1.23. The molecule has 0 bridgehead atoms.